The van der Waals surface area contributed by atoms with Crippen molar-refractivity contribution in [2.24, 2.45) is 0 Å². The summed E-state index contributed by atoms with van der Waals surface area (Å²) < 4.78 is 0. The van der Waals surface area contributed by atoms with Gasteiger partial charge in [-0.05, 0) is 12.2 Å². The zero-order valence-corrected chi connectivity index (χ0v) is 7.25. The molecule has 0 heterocycles. The summed E-state index contributed by atoms with van der Waals surface area (Å²) in [7, 11) is 0. The van der Waals surface area contributed by atoms with E-state index in [2.05, 4.69) is 0 Å². The molecule has 0 aromatic carbocycles. The molecule has 0 spiro atoms. The average molecular weight is 200 g/mol. The van der Waals surface area contributed by atoms with Gasteiger partial charge in [0.2, 0.25) is 0 Å². The van der Waals surface area contributed by atoms with Crippen LogP contribution in [0.2, 0.25) is 0 Å². The van der Waals surface area contributed by atoms with Crippen molar-refractivity contribution in [2.75, 3.05) is 0 Å². The van der Waals surface area contributed by atoms with Crippen LogP contribution < -0.4 is 10.2 Å². The first-order valence-corrected chi connectivity index (χ1v) is 1.73. The maximum Gasteiger partial charge on any atom is 4.00 e. The van der Waals surface area contributed by atoms with Crippen molar-refractivity contribution in [1.29, 1.82) is 0 Å². The Balaban J connectivity index is -0.0000000817. The third-order valence-corrected chi connectivity index (χ3v) is 0.355. The number of hydrogen-bond acceptors (Lipinski definition) is 4. The molecule has 0 rings (SSSR count). The van der Waals surface area contributed by atoms with Crippen LogP contribution in [0.4, 0.5) is 0 Å². The molecule has 4 nitrogen and oxygen atoms in total. The number of aliphatic carboxylic acids is 2. The van der Waals surface area contributed by atoms with Crippen molar-refractivity contribution >= 4 is 11.9 Å². The van der Waals surface area contributed by atoms with Crippen LogP contribution >= 0.6 is 0 Å². The minimum atomic E-state index is -1.55. The fourth-order valence-electron chi connectivity index (χ4n) is 0.136. The van der Waals surface area contributed by atoms with Gasteiger partial charge in [-0.1, -0.05) is 0 Å². The minimum absolute atomic E-state index is 0. The summed E-state index contributed by atoms with van der Waals surface area (Å²) in [4.78, 5) is 18.8. The monoisotopic (exact) mass is 200 g/mol. The standard InChI is InChI=1S/C4H4O4.2CH3.Fe/c5-3(6)1-2-4(7)8;;;/h1-2H,(H,5,6)(H,7,8);2*1H3;/q;2*-1;+4/p-2/b2-1+;;;. The Labute approximate surface area is 76.4 Å². The third-order valence-electron chi connectivity index (χ3n) is 0.355. The van der Waals surface area contributed by atoms with Gasteiger partial charge in [-0.15, -0.1) is 0 Å². The molecule has 0 aliphatic carbocycles. The molecule has 0 fully saturated rings. The molecule has 0 aliphatic rings. The van der Waals surface area contributed by atoms with Crippen molar-refractivity contribution in [3.05, 3.63) is 27.0 Å². The maximum absolute atomic E-state index is 9.41. The van der Waals surface area contributed by atoms with E-state index >= 15 is 0 Å². The van der Waals surface area contributed by atoms with Gasteiger partial charge >= 0.3 is 17.1 Å². The summed E-state index contributed by atoms with van der Waals surface area (Å²) >= 11 is 0. The van der Waals surface area contributed by atoms with Crippen LogP contribution in [0.25, 0.3) is 0 Å². The first kappa shape index (κ1) is 22.5. The molecule has 0 saturated carbocycles. The minimum Gasteiger partial charge on any atom is -0.545 e. The molecule has 5 heteroatoms. The van der Waals surface area contributed by atoms with Gasteiger partial charge in [0.1, 0.15) is 0 Å². The predicted octanol–water partition coefficient (Wildman–Crippen LogP) is -2.06. The number of rotatable bonds is 2. The van der Waals surface area contributed by atoms with E-state index in [1.807, 2.05) is 0 Å². The van der Waals surface area contributed by atoms with Crippen LogP contribution in [0.15, 0.2) is 12.2 Å². The molecule has 0 unspecified atom stereocenters. The van der Waals surface area contributed by atoms with E-state index in [1.165, 1.54) is 0 Å². The third kappa shape index (κ3) is 27.0. The van der Waals surface area contributed by atoms with Gasteiger partial charge in [-0.2, -0.15) is 0 Å². The molecule has 0 aromatic rings. The molecule has 0 amide bonds. The predicted molar refractivity (Wildman–Crippen MR) is 32.0 cm³/mol. The summed E-state index contributed by atoms with van der Waals surface area (Å²) in [6.45, 7) is 0. The molecule has 0 aromatic heterocycles. The van der Waals surface area contributed by atoms with E-state index in [0.717, 1.165) is 0 Å². The first-order chi connectivity index (χ1) is 3.63. The Kier molecular flexibility index (Phi) is 24.4. The van der Waals surface area contributed by atoms with Crippen LogP contribution in [0.3, 0.4) is 0 Å². The van der Waals surface area contributed by atoms with E-state index < -0.39 is 11.9 Å². The topological polar surface area (TPSA) is 80.3 Å². The van der Waals surface area contributed by atoms with Crippen molar-refractivity contribution in [1.82, 2.24) is 0 Å². The van der Waals surface area contributed by atoms with Gasteiger partial charge in [0.15, 0.2) is 0 Å². The second kappa shape index (κ2) is 11.9. The van der Waals surface area contributed by atoms with Gasteiger partial charge in [-0.3, -0.25) is 0 Å². The molecule has 0 N–H and O–H groups in total. The summed E-state index contributed by atoms with van der Waals surface area (Å²) in [5.41, 5.74) is 0. The Morgan fingerprint density at radius 3 is 1.18 bits per heavy atom. The van der Waals surface area contributed by atoms with Gasteiger partial charge in [0.05, 0.1) is 11.9 Å². The Morgan fingerprint density at radius 1 is 0.909 bits per heavy atom. The zero-order chi connectivity index (χ0) is 6.57. The molecular weight excluding hydrogens is 192 g/mol. The number of hydrogen-bond donors (Lipinski definition) is 0. The molecule has 64 valence electrons. The molecular formula is C6H8FeO4. The van der Waals surface area contributed by atoms with Gasteiger partial charge < -0.3 is 34.7 Å². The van der Waals surface area contributed by atoms with Gasteiger partial charge in [0.25, 0.3) is 0 Å². The van der Waals surface area contributed by atoms with Crippen molar-refractivity contribution in [2.45, 2.75) is 0 Å². The number of carbonyl (C=O) groups is 2. The Bertz CT molecular complexity index is 126. The summed E-state index contributed by atoms with van der Waals surface area (Å²) in [6, 6.07) is 0. The van der Waals surface area contributed by atoms with Crippen LogP contribution in [0.1, 0.15) is 0 Å². The fourth-order valence-corrected chi connectivity index (χ4v) is 0.136. The number of carboxylic acid groups (broad SMARTS) is 2. The second-order valence-corrected chi connectivity index (χ2v) is 0.971. The molecule has 0 radical (unpaired) electrons. The molecule has 0 bridgehead atoms. The SMILES string of the molecule is O=C([O-])/C=C/C(=O)[O-].[CH3-].[CH3-].[Fe+4]. The van der Waals surface area contributed by atoms with Crippen LogP contribution in [0.5, 0.6) is 0 Å². The molecule has 0 atom stereocenters. The number of carboxylic acids is 2. The largest absolute Gasteiger partial charge is 4.00 e. The zero-order valence-electron chi connectivity index (χ0n) is 6.14. The fraction of sp³-hybridized carbons (Fsp3) is 0. The molecule has 11 heavy (non-hydrogen) atoms. The Morgan fingerprint density at radius 2 is 1.09 bits per heavy atom. The van der Waals surface area contributed by atoms with Gasteiger partial charge in [-0.25, -0.2) is 0 Å². The van der Waals surface area contributed by atoms with E-state index in [9.17, 15) is 19.8 Å². The van der Waals surface area contributed by atoms with Crippen LogP contribution in [-0.2, 0) is 26.7 Å². The normalized spacial score (nSPS) is 6.91. The molecule has 0 aliphatic heterocycles. The van der Waals surface area contributed by atoms with E-state index in [4.69, 9.17) is 0 Å². The van der Waals surface area contributed by atoms with Crippen molar-refractivity contribution in [3.8, 4) is 0 Å². The van der Waals surface area contributed by atoms with Crippen LogP contribution in [0, 0.1) is 14.9 Å². The number of carbonyl (C=O) groups excluding carboxylic acids is 2. The second-order valence-electron chi connectivity index (χ2n) is 0.971. The van der Waals surface area contributed by atoms with E-state index in [-0.39, 0.29) is 31.9 Å². The van der Waals surface area contributed by atoms with Crippen molar-refractivity contribution in [3.63, 3.8) is 0 Å². The average Bonchev–Trinajstić information content (AvgIpc) is 1.61. The Hall–Kier alpha value is -0.801. The molecule has 0 saturated heterocycles. The summed E-state index contributed by atoms with van der Waals surface area (Å²) in [5, 5.41) is 18.8. The van der Waals surface area contributed by atoms with E-state index in [1.54, 1.807) is 0 Å². The van der Waals surface area contributed by atoms with Crippen molar-refractivity contribution < 1.29 is 36.9 Å². The van der Waals surface area contributed by atoms with Gasteiger partial charge in [0, 0.05) is 0 Å². The van der Waals surface area contributed by atoms with Crippen LogP contribution in [-0.4, -0.2) is 11.9 Å². The summed E-state index contributed by atoms with van der Waals surface area (Å²) in [6.07, 6.45) is 0.769. The first-order valence-electron chi connectivity index (χ1n) is 1.73. The summed E-state index contributed by atoms with van der Waals surface area (Å²) in [5.74, 6) is -3.09. The maximum atomic E-state index is 9.41. The smallest absolute Gasteiger partial charge is 0.545 e. The quantitative estimate of drug-likeness (QED) is 0.291. The van der Waals surface area contributed by atoms with E-state index in [0.29, 0.717) is 12.2 Å².